The molecule has 1 aromatic carbocycles. The van der Waals surface area contributed by atoms with Gasteiger partial charge in [-0.1, -0.05) is 23.8 Å². The van der Waals surface area contributed by atoms with Gasteiger partial charge in [0.15, 0.2) is 0 Å². The van der Waals surface area contributed by atoms with Crippen molar-refractivity contribution in [3.05, 3.63) is 53.9 Å². The van der Waals surface area contributed by atoms with E-state index in [1.807, 2.05) is 26.0 Å². The Bertz CT molecular complexity index is 691. The maximum absolute atomic E-state index is 12.5. The van der Waals surface area contributed by atoms with Gasteiger partial charge < -0.3 is 20.7 Å². The van der Waals surface area contributed by atoms with Gasteiger partial charge in [-0.2, -0.15) is 0 Å². The first kappa shape index (κ1) is 21.6. The van der Waals surface area contributed by atoms with Crippen LogP contribution in [0.15, 0.2) is 47.6 Å². The maximum atomic E-state index is 12.5. The molecular weight excluding hydrogens is 352 g/mol. The minimum Gasteiger partial charge on any atom is -0.480 e. The molecule has 0 atom stereocenters. The first-order valence-electron chi connectivity index (χ1n) is 8.01. The van der Waals surface area contributed by atoms with Gasteiger partial charge in [-0.25, -0.2) is 5.84 Å². The summed E-state index contributed by atoms with van der Waals surface area (Å²) in [5.74, 6) is 4.65. The number of benzene rings is 1. The van der Waals surface area contributed by atoms with Gasteiger partial charge in [0.1, 0.15) is 6.54 Å². The molecule has 0 unspecified atom stereocenters. The summed E-state index contributed by atoms with van der Waals surface area (Å²) in [6, 6.07) is 6.12. The van der Waals surface area contributed by atoms with Gasteiger partial charge in [0.25, 0.3) is 0 Å². The zero-order chi connectivity index (χ0) is 19.7. The van der Waals surface area contributed by atoms with Gasteiger partial charge in [-0.15, -0.1) is 18.3 Å². The number of carbonyl (C=O) groups excluding carboxylic acids is 1. The van der Waals surface area contributed by atoms with Crippen LogP contribution in [0.3, 0.4) is 0 Å². The van der Waals surface area contributed by atoms with Crippen LogP contribution in [0.4, 0.5) is 0 Å². The molecule has 0 radical (unpaired) electrons. The number of nitrogens with zero attached hydrogens (tertiary/aromatic N) is 2. The second kappa shape index (κ2) is 10.5. The van der Waals surface area contributed by atoms with Crippen LogP contribution in [-0.4, -0.2) is 52.3 Å². The number of carboxylic acid groups (broad SMARTS) is 1. The molecule has 26 heavy (non-hydrogen) atoms. The molecule has 0 fully saturated rings. The van der Waals surface area contributed by atoms with E-state index in [0.29, 0.717) is 12.2 Å². The van der Waals surface area contributed by atoms with Crippen molar-refractivity contribution in [2.45, 2.75) is 18.7 Å². The molecule has 0 aliphatic heterocycles. The number of thioether (sulfide) groups is 1. The van der Waals surface area contributed by atoms with Crippen molar-refractivity contribution in [1.82, 2.24) is 9.91 Å². The molecule has 0 aromatic heterocycles. The SMILES string of the molecule is C=CCN(C/C(N)=C/N(N)CC(=O)O)C(=O)CSc1cc(C)ccc1C. The molecule has 142 valence electrons. The lowest BCUT2D eigenvalue weighted by molar-refractivity contribution is -0.137. The van der Waals surface area contributed by atoms with E-state index in [-0.39, 0.29) is 24.7 Å². The predicted molar refractivity (Wildman–Crippen MR) is 104 cm³/mol. The summed E-state index contributed by atoms with van der Waals surface area (Å²) in [4.78, 5) is 25.8. The highest BCUT2D eigenvalue weighted by atomic mass is 32.2. The average Bonchev–Trinajstić information content (AvgIpc) is 2.54. The number of aliphatic carboxylic acids is 1. The fourth-order valence-electron chi connectivity index (χ4n) is 2.18. The van der Waals surface area contributed by atoms with E-state index in [1.165, 1.54) is 18.0 Å². The predicted octanol–water partition coefficient (Wildman–Crippen LogP) is 1.47. The number of carboxylic acids is 1. The summed E-state index contributed by atoms with van der Waals surface area (Å²) in [6.07, 6.45) is 2.93. The van der Waals surface area contributed by atoms with E-state index in [0.717, 1.165) is 21.0 Å². The van der Waals surface area contributed by atoms with Gasteiger partial charge in [-0.05, 0) is 25.5 Å². The molecule has 1 amide bonds. The largest absolute Gasteiger partial charge is 0.480 e. The Morgan fingerprint density at radius 2 is 2.00 bits per heavy atom. The molecule has 0 saturated heterocycles. The number of amides is 1. The summed E-state index contributed by atoms with van der Waals surface area (Å²) in [5, 5.41) is 9.67. The third-order valence-corrected chi connectivity index (χ3v) is 4.56. The van der Waals surface area contributed by atoms with Crippen molar-refractivity contribution in [2.75, 3.05) is 25.4 Å². The van der Waals surface area contributed by atoms with Crippen molar-refractivity contribution in [3.8, 4) is 0 Å². The fourth-order valence-corrected chi connectivity index (χ4v) is 3.21. The van der Waals surface area contributed by atoms with Crippen molar-refractivity contribution >= 4 is 23.6 Å². The minimum absolute atomic E-state index is 0.0889. The number of aryl methyl sites for hydroxylation is 2. The van der Waals surface area contributed by atoms with Gasteiger partial charge >= 0.3 is 5.97 Å². The zero-order valence-corrected chi connectivity index (χ0v) is 16.0. The number of hydrogen-bond acceptors (Lipinski definition) is 6. The van der Waals surface area contributed by atoms with E-state index in [1.54, 1.807) is 11.0 Å². The molecule has 0 aliphatic carbocycles. The molecule has 0 aliphatic rings. The fraction of sp³-hybridized carbons (Fsp3) is 0.333. The molecular formula is C18H26N4O3S. The first-order chi connectivity index (χ1) is 12.2. The zero-order valence-electron chi connectivity index (χ0n) is 15.1. The van der Waals surface area contributed by atoms with Crippen LogP contribution in [-0.2, 0) is 9.59 Å². The highest BCUT2D eigenvalue weighted by molar-refractivity contribution is 8.00. The summed E-state index contributed by atoms with van der Waals surface area (Å²) in [7, 11) is 0. The molecule has 0 bridgehead atoms. The summed E-state index contributed by atoms with van der Waals surface area (Å²) in [6.45, 7) is 7.78. The van der Waals surface area contributed by atoms with E-state index >= 15 is 0 Å². The number of nitrogens with two attached hydrogens (primary N) is 2. The van der Waals surface area contributed by atoms with Crippen molar-refractivity contribution in [2.24, 2.45) is 11.6 Å². The second-order valence-electron chi connectivity index (χ2n) is 5.89. The third kappa shape index (κ3) is 7.62. The Morgan fingerprint density at radius 1 is 1.31 bits per heavy atom. The standard InChI is InChI=1S/C18H26N4O3S/c1-4-7-21(9-15(19)10-22(20)11-18(24)25)17(23)12-26-16-8-13(2)5-6-14(16)3/h4-6,8,10H,1,7,9,11-12,19-20H2,2-3H3,(H,24,25)/b15-10-. The van der Waals surface area contributed by atoms with E-state index in [4.69, 9.17) is 16.7 Å². The number of carbonyl (C=O) groups is 2. The van der Waals surface area contributed by atoms with Crippen molar-refractivity contribution in [3.63, 3.8) is 0 Å². The molecule has 0 heterocycles. The van der Waals surface area contributed by atoms with Crippen molar-refractivity contribution < 1.29 is 14.7 Å². The lowest BCUT2D eigenvalue weighted by atomic mass is 10.2. The normalized spacial score (nSPS) is 11.1. The van der Waals surface area contributed by atoms with Crippen LogP contribution in [0.1, 0.15) is 11.1 Å². The topological polar surface area (TPSA) is 113 Å². The van der Waals surface area contributed by atoms with Gasteiger partial charge in [0.2, 0.25) is 5.91 Å². The highest BCUT2D eigenvalue weighted by Crippen LogP contribution is 2.23. The molecule has 1 aromatic rings. The van der Waals surface area contributed by atoms with E-state index in [9.17, 15) is 9.59 Å². The number of rotatable bonds is 10. The van der Waals surface area contributed by atoms with Crippen LogP contribution in [0, 0.1) is 13.8 Å². The van der Waals surface area contributed by atoms with Gasteiger partial charge in [0.05, 0.1) is 12.3 Å². The lowest BCUT2D eigenvalue weighted by Crippen LogP contribution is -2.38. The average molecular weight is 378 g/mol. The summed E-state index contributed by atoms with van der Waals surface area (Å²) < 4.78 is 0. The monoisotopic (exact) mass is 378 g/mol. The Balaban J connectivity index is 2.71. The van der Waals surface area contributed by atoms with E-state index < -0.39 is 5.97 Å². The Kier molecular flexibility index (Phi) is 8.74. The number of hydrogen-bond donors (Lipinski definition) is 3. The van der Waals surface area contributed by atoms with Crippen molar-refractivity contribution in [1.29, 1.82) is 0 Å². The molecule has 5 N–H and O–H groups in total. The Morgan fingerprint density at radius 3 is 2.62 bits per heavy atom. The van der Waals surface area contributed by atoms with Crippen LogP contribution in [0.25, 0.3) is 0 Å². The summed E-state index contributed by atoms with van der Waals surface area (Å²) in [5.41, 5.74) is 8.44. The summed E-state index contributed by atoms with van der Waals surface area (Å²) >= 11 is 1.47. The van der Waals surface area contributed by atoms with Crippen LogP contribution in [0.2, 0.25) is 0 Å². The number of hydrazine groups is 1. The molecule has 8 heteroatoms. The smallest absolute Gasteiger partial charge is 0.324 e. The van der Waals surface area contributed by atoms with Crippen LogP contribution < -0.4 is 11.6 Å². The van der Waals surface area contributed by atoms with Gasteiger partial charge in [-0.3, -0.25) is 9.59 Å². The Hall–Kier alpha value is -2.45. The molecule has 0 saturated carbocycles. The third-order valence-electron chi connectivity index (χ3n) is 3.42. The van der Waals surface area contributed by atoms with Crippen LogP contribution >= 0.6 is 11.8 Å². The van der Waals surface area contributed by atoms with E-state index in [2.05, 4.69) is 12.6 Å². The molecule has 7 nitrogen and oxygen atoms in total. The quantitative estimate of drug-likeness (QED) is 0.244. The lowest BCUT2D eigenvalue weighted by Gasteiger charge is -2.22. The molecule has 0 spiro atoms. The first-order valence-corrected chi connectivity index (χ1v) is 8.99. The molecule has 1 rings (SSSR count). The Labute approximate surface area is 158 Å². The highest BCUT2D eigenvalue weighted by Gasteiger charge is 2.14. The second-order valence-corrected chi connectivity index (χ2v) is 6.91. The van der Waals surface area contributed by atoms with Gasteiger partial charge in [0, 0.05) is 23.3 Å². The van der Waals surface area contributed by atoms with Crippen LogP contribution in [0.5, 0.6) is 0 Å². The minimum atomic E-state index is -1.07. The maximum Gasteiger partial charge on any atom is 0.324 e.